The van der Waals surface area contributed by atoms with E-state index < -0.39 is 6.36 Å². The number of benzene rings is 1. The minimum Gasteiger partial charge on any atom is -0.406 e. The third kappa shape index (κ3) is 7.32. The number of halogens is 3. The van der Waals surface area contributed by atoms with Gasteiger partial charge in [-0.25, -0.2) is 0 Å². The molecule has 104 valence electrons. The number of nitriles is 1. The first-order valence-corrected chi connectivity index (χ1v) is 5.93. The lowest BCUT2D eigenvalue weighted by atomic mass is 10.2. The molecule has 6 heteroatoms. The van der Waals surface area contributed by atoms with Gasteiger partial charge < -0.3 is 10.1 Å². The van der Waals surface area contributed by atoms with Crippen molar-refractivity contribution in [3.63, 3.8) is 0 Å². The lowest BCUT2D eigenvalue weighted by Gasteiger charge is -2.09. The molecule has 0 bridgehead atoms. The molecule has 0 fully saturated rings. The Hall–Kier alpha value is -1.74. The fourth-order valence-electron chi connectivity index (χ4n) is 1.50. The number of nitrogens with one attached hydrogen (secondary N) is 1. The van der Waals surface area contributed by atoms with Crippen molar-refractivity contribution in [2.45, 2.75) is 32.2 Å². The van der Waals surface area contributed by atoms with Crippen molar-refractivity contribution in [1.82, 2.24) is 5.32 Å². The Morgan fingerprint density at radius 2 is 1.84 bits per heavy atom. The topological polar surface area (TPSA) is 45.0 Å². The summed E-state index contributed by atoms with van der Waals surface area (Å²) >= 11 is 0. The van der Waals surface area contributed by atoms with Gasteiger partial charge in [0.15, 0.2) is 0 Å². The SMILES string of the molecule is N#CCCCCNCc1ccc(OC(F)(F)F)cc1. The van der Waals surface area contributed by atoms with Gasteiger partial charge in [-0.1, -0.05) is 12.1 Å². The summed E-state index contributed by atoms with van der Waals surface area (Å²) in [6, 6.07) is 7.82. The quantitative estimate of drug-likeness (QED) is 0.774. The first kappa shape index (κ1) is 15.3. The molecular formula is C13H15F3N2O. The summed E-state index contributed by atoms with van der Waals surface area (Å²) in [6.07, 6.45) is -2.35. The number of unbranched alkanes of at least 4 members (excludes halogenated alkanes) is 2. The smallest absolute Gasteiger partial charge is 0.406 e. The van der Waals surface area contributed by atoms with E-state index in [9.17, 15) is 13.2 Å². The molecule has 0 aliphatic carbocycles. The number of nitrogens with zero attached hydrogens (tertiary/aromatic N) is 1. The van der Waals surface area contributed by atoms with Crippen LogP contribution in [0.1, 0.15) is 24.8 Å². The van der Waals surface area contributed by atoms with Crippen molar-refractivity contribution in [2.24, 2.45) is 0 Å². The molecule has 0 unspecified atom stereocenters. The zero-order chi connectivity index (χ0) is 14.1. The zero-order valence-corrected chi connectivity index (χ0v) is 10.3. The molecule has 0 spiro atoms. The third-order valence-electron chi connectivity index (χ3n) is 2.38. The van der Waals surface area contributed by atoms with E-state index in [0.717, 1.165) is 24.9 Å². The number of hydrogen-bond acceptors (Lipinski definition) is 3. The molecule has 1 rings (SSSR count). The van der Waals surface area contributed by atoms with Gasteiger partial charge in [0.05, 0.1) is 6.07 Å². The largest absolute Gasteiger partial charge is 0.573 e. The van der Waals surface area contributed by atoms with E-state index >= 15 is 0 Å². The van der Waals surface area contributed by atoms with Gasteiger partial charge in [0, 0.05) is 13.0 Å². The predicted molar refractivity (Wildman–Crippen MR) is 64.3 cm³/mol. The highest BCUT2D eigenvalue weighted by Crippen LogP contribution is 2.22. The summed E-state index contributed by atoms with van der Waals surface area (Å²) in [6.45, 7) is 1.36. The molecule has 19 heavy (non-hydrogen) atoms. The summed E-state index contributed by atoms with van der Waals surface area (Å²) < 4.78 is 39.6. The van der Waals surface area contributed by atoms with Gasteiger partial charge in [-0.2, -0.15) is 5.26 Å². The van der Waals surface area contributed by atoms with E-state index in [-0.39, 0.29) is 5.75 Å². The van der Waals surface area contributed by atoms with E-state index in [1.165, 1.54) is 12.1 Å². The Labute approximate surface area is 110 Å². The van der Waals surface area contributed by atoms with Gasteiger partial charge in [0.2, 0.25) is 0 Å². The molecule has 0 aromatic heterocycles. The molecule has 0 amide bonds. The van der Waals surface area contributed by atoms with Crippen LogP contribution >= 0.6 is 0 Å². The predicted octanol–water partition coefficient (Wildman–Crippen LogP) is 3.37. The summed E-state index contributed by atoms with van der Waals surface area (Å²) in [5, 5.41) is 11.5. The monoisotopic (exact) mass is 272 g/mol. The van der Waals surface area contributed by atoms with Gasteiger partial charge in [0.25, 0.3) is 0 Å². The highest BCUT2D eigenvalue weighted by Gasteiger charge is 2.30. The third-order valence-corrected chi connectivity index (χ3v) is 2.38. The standard InChI is InChI=1S/C13H15F3N2O/c14-13(15,16)19-12-6-4-11(5-7-12)10-18-9-3-1-2-8-17/h4-7,18H,1-3,9-10H2. The van der Waals surface area contributed by atoms with Crippen LogP contribution in [0.5, 0.6) is 5.75 Å². The molecule has 0 saturated carbocycles. The highest BCUT2D eigenvalue weighted by atomic mass is 19.4. The molecule has 1 aromatic rings. The van der Waals surface area contributed by atoms with E-state index in [4.69, 9.17) is 5.26 Å². The maximum absolute atomic E-state index is 11.9. The van der Waals surface area contributed by atoms with Crippen LogP contribution in [0.4, 0.5) is 13.2 Å². The minimum atomic E-state index is -4.65. The van der Waals surface area contributed by atoms with Gasteiger partial charge in [0.1, 0.15) is 5.75 Å². The van der Waals surface area contributed by atoms with Crippen molar-refractivity contribution in [3.8, 4) is 11.8 Å². The Morgan fingerprint density at radius 1 is 1.16 bits per heavy atom. The Bertz CT molecular complexity index is 409. The lowest BCUT2D eigenvalue weighted by molar-refractivity contribution is -0.274. The molecule has 0 atom stereocenters. The van der Waals surface area contributed by atoms with E-state index in [0.29, 0.717) is 13.0 Å². The van der Waals surface area contributed by atoms with Crippen molar-refractivity contribution in [1.29, 1.82) is 5.26 Å². The second kappa shape index (κ2) is 7.64. The average molecular weight is 272 g/mol. The second-order valence-corrected chi connectivity index (χ2v) is 3.98. The number of rotatable bonds is 7. The van der Waals surface area contributed by atoms with Crippen LogP contribution in [0.15, 0.2) is 24.3 Å². The van der Waals surface area contributed by atoms with Crippen molar-refractivity contribution < 1.29 is 17.9 Å². The Balaban J connectivity index is 2.27. The fraction of sp³-hybridized carbons (Fsp3) is 0.462. The molecule has 1 N–H and O–H groups in total. The van der Waals surface area contributed by atoms with Crippen LogP contribution in [0.3, 0.4) is 0 Å². The van der Waals surface area contributed by atoms with Crippen LogP contribution in [-0.4, -0.2) is 12.9 Å². The van der Waals surface area contributed by atoms with Crippen LogP contribution in [-0.2, 0) is 6.54 Å². The number of alkyl halides is 3. The molecule has 0 saturated heterocycles. The zero-order valence-electron chi connectivity index (χ0n) is 10.3. The van der Waals surface area contributed by atoms with Crippen molar-refractivity contribution in [2.75, 3.05) is 6.54 Å². The van der Waals surface area contributed by atoms with Gasteiger partial charge >= 0.3 is 6.36 Å². The normalized spacial score (nSPS) is 11.1. The first-order valence-electron chi connectivity index (χ1n) is 5.93. The van der Waals surface area contributed by atoms with Gasteiger partial charge in [-0.3, -0.25) is 0 Å². The lowest BCUT2D eigenvalue weighted by Crippen LogP contribution is -2.17. The molecule has 0 aliphatic heterocycles. The first-order chi connectivity index (χ1) is 9.01. The molecule has 1 aromatic carbocycles. The minimum absolute atomic E-state index is 0.217. The van der Waals surface area contributed by atoms with Crippen LogP contribution < -0.4 is 10.1 Å². The van der Waals surface area contributed by atoms with Crippen LogP contribution in [0.25, 0.3) is 0 Å². The molecule has 0 aliphatic rings. The maximum Gasteiger partial charge on any atom is 0.573 e. The Morgan fingerprint density at radius 3 is 2.42 bits per heavy atom. The number of ether oxygens (including phenoxy) is 1. The summed E-state index contributed by atoms with van der Waals surface area (Å²) in [7, 11) is 0. The molecule has 0 radical (unpaired) electrons. The number of hydrogen-bond donors (Lipinski definition) is 1. The average Bonchev–Trinajstić information content (AvgIpc) is 2.34. The van der Waals surface area contributed by atoms with Crippen LogP contribution in [0.2, 0.25) is 0 Å². The van der Waals surface area contributed by atoms with Gasteiger partial charge in [-0.05, 0) is 37.1 Å². The fourth-order valence-corrected chi connectivity index (χ4v) is 1.50. The van der Waals surface area contributed by atoms with Crippen molar-refractivity contribution in [3.05, 3.63) is 29.8 Å². The van der Waals surface area contributed by atoms with Crippen LogP contribution in [0, 0.1) is 11.3 Å². The second-order valence-electron chi connectivity index (χ2n) is 3.98. The summed E-state index contributed by atoms with van der Waals surface area (Å²) in [5.74, 6) is -0.217. The highest BCUT2D eigenvalue weighted by molar-refractivity contribution is 5.27. The van der Waals surface area contributed by atoms with E-state index in [1.54, 1.807) is 12.1 Å². The van der Waals surface area contributed by atoms with Crippen molar-refractivity contribution >= 4 is 0 Å². The summed E-state index contributed by atoms with van der Waals surface area (Å²) in [5.41, 5.74) is 0.884. The molecule has 3 nitrogen and oxygen atoms in total. The molecule has 0 heterocycles. The van der Waals surface area contributed by atoms with Gasteiger partial charge in [-0.15, -0.1) is 13.2 Å². The van der Waals surface area contributed by atoms with E-state index in [1.807, 2.05) is 0 Å². The maximum atomic E-state index is 11.9. The summed E-state index contributed by atoms with van der Waals surface area (Å²) in [4.78, 5) is 0. The Kier molecular flexibility index (Phi) is 6.16. The molecular weight excluding hydrogens is 257 g/mol. The van der Waals surface area contributed by atoms with E-state index in [2.05, 4.69) is 16.1 Å².